The number of rotatable bonds is 5. The lowest BCUT2D eigenvalue weighted by Gasteiger charge is -2.06. The fraction of sp³-hybridized carbons (Fsp3) is 0.778. The maximum atomic E-state index is 9.16. The summed E-state index contributed by atoms with van der Waals surface area (Å²) in [6, 6.07) is 0. The van der Waals surface area contributed by atoms with Gasteiger partial charge in [-0.05, 0) is 19.8 Å². The smallest absolute Gasteiger partial charge is 0.0994 e. The van der Waals surface area contributed by atoms with E-state index in [0.29, 0.717) is 19.5 Å². The highest BCUT2D eigenvalue weighted by atomic mass is 16.3. The van der Waals surface area contributed by atoms with Crippen LogP contribution >= 0.6 is 0 Å². The topological polar surface area (TPSA) is 77.0 Å². The molecule has 0 aromatic carbocycles. The van der Waals surface area contributed by atoms with Crippen LogP contribution in [0, 0.1) is 0 Å². The van der Waals surface area contributed by atoms with Gasteiger partial charge in [0.25, 0.3) is 0 Å². The van der Waals surface area contributed by atoms with Crippen LogP contribution in [-0.2, 0) is 19.5 Å². The van der Waals surface area contributed by atoms with Crippen molar-refractivity contribution in [2.24, 2.45) is 5.73 Å². The van der Waals surface area contributed by atoms with Crippen LogP contribution in [0.4, 0.5) is 0 Å². The van der Waals surface area contributed by atoms with Gasteiger partial charge in [0.2, 0.25) is 0 Å². The van der Waals surface area contributed by atoms with E-state index in [9.17, 15) is 0 Å². The average molecular weight is 198 g/mol. The molecule has 80 valence electrons. The molecule has 0 saturated heterocycles. The minimum absolute atomic E-state index is 0.301. The van der Waals surface area contributed by atoms with E-state index in [-0.39, 0.29) is 6.10 Å². The van der Waals surface area contributed by atoms with Gasteiger partial charge in [-0.3, -0.25) is 0 Å². The molecule has 1 aromatic heterocycles. The van der Waals surface area contributed by atoms with Crippen LogP contribution in [0.3, 0.4) is 0 Å². The van der Waals surface area contributed by atoms with Gasteiger partial charge in [0.05, 0.1) is 17.5 Å². The highest BCUT2D eigenvalue weighted by Crippen LogP contribution is 2.07. The van der Waals surface area contributed by atoms with Crippen molar-refractivity contribution in [1.29, 1.82) is 0 Å². The van der Waals surface area contributed by atoms with E-state index in [0.717, 1.165) is 17.8 Å². The van der Waals surface area contributed by atoms with E-state index < -0.39 is 0 Å². The number of aromatic nitrogens is 3. The second kappa shape index (κ2) is 5.07. The number of aliphatic hydroxyl groups is 1. The van der Waals surface area contributed by atoms with Crippen LogP contribution in [0.15, 0.2) is 0 Å². The molecule has 1 rings (SSSR count). The first-order valence-electron chi connectivity index (χ1n) is 4.98. The molecule has 1 heterocycles. The Hall–Kier alpha value is -0.940. The molecule has 1 aromatic rings. The predicted molar refractivity (Wildman–Crippen MR) is 53.6 cm³/mol. The Labute approximate surface area is 83.9 Å². The summed E-state index contributed by atoms with van der Waals surface area (Å²) in [6.45, 7) is 4.95. The second-order valence-corrected chi connectivity index (χ2v) is 3.40. The quantitative estimate of drug-likeness (QED) is 0.702. The fourth-order valence-electron chi connectivity index (χ4n) is 1.40. The van der Waals surface area contributed by atoms with Crippen molar-refractivity contribution < 1.29 is 5.11 Å². The van der Waals surface area contributed by atoms with E-state index in [1.54, 1.807) is 6.92 Å². The monoisotopic (exact) mass is 198 g/mol. The molecule has 0 fully saturated rings. The second-order valence-electron chi connectivity index (χ2n) is 3.40. The Balaban J connectivity index is 2.71. The third-order valence-electron chi connectivity index (χ3n) is 2.21. The van der Waals surface area contributed by atoms with E-state index in [1.165, 1.54) is 0 Å². The van der Waals surface area contributed by atoms with Gasteiger partial charge in [-0.15, -0.1) is 5.10 Å². The molecule has 0 radical (unpaired) electrons. The van der Waals surface area contributed by atoms with E-state index in [1.807, 2.05) is 4.68 Å². The Bertz CT molecular complexity index is 282. The molecule has 0 amide bonds. The molecule has 0 aliphatic carbocycles. The molecule has 0 aliphatic rings. The molecule has 5 nitrogen and oxygen atoms in total. The number of aryl methyl sites for hydroxylation is 1. The highest BCUT2D eigenvalue weighted by Gasteiger charge is 2.09. The van der Waals surface area contributed by atoms with Gasteiger partial charge in [0.15, 0.2) is 0 Å². The van der Waals surface area contributed by atoms with Crippen LogP contribution in [0.5, 0.6) is 0 Å². The fourth-order valence-corrected chi connectivity index (χ4v) is 1.40. The van der Waals surface area contributed by atoms with Crippen LogP contribution < -0.4 is 5.73 Å². The Kier molecular flexibility index (Phi) is 4.03. The van der Waals surface area contributed by atoms with Crippen molar-refractivity contribution in [3.8, 4) is 0 Å². The first-order chi connectivity index (χ1) is 6.69. The van der Waals surface area contributed by atoms with Crippen molar-refractivity contribution in [3.05, 3.63) is 11.4 Å². The zero-order valence-electron chi connectivity index (χ0n) is 8.77. The maximum Gasteiger partial charge on any atom is 0.0994 e. The molecule has 0 aliphatic heterocycles. The third kappa shape index (κ3) is 2.52. The predicted octanol–water partition coefficient (Wildman–Crippen LogP) is 0.0701. The van der Waals surface area contributed by atoms with Crippen molar-refractivity contribution in [1.82, 2.24) is 15.0 Å². The molecule has 0 bridgehead atoms. The van der Waals surface area contributed by atoms with Gasteiger partial charge in [-0.25, -0.2) is 4.68 Å². The molecule has 0 saturated carbocycles. The first-order valence-corrected chi connectivity index (χ1v) is 4.98. The van der Waals surface area contributed by atoms with Crippen molar-refractivity contribution in [2.45, 2.75) is 45.9 Å². The van der Waals surface area contributed by atoms with Gasteiger partial charge >= 0.3 is 0 Å². The van der Waals surface area contributed by atoms with Gasteiger partial charge < -0.3 is 10.8 Å². The molecule has 1 atom stereocenters. The van der Waals surface area contributed by atoms with Crippen LogP contribution in [0.1, 0.15) is 31.7 Å². The van der Waals surface area contributed by atoms with E-state index in [2.05, 4.69) is 17.2 Å². The molecule has 5 heteroatoms. The number of aliphatic hydroxyl groups excluding tert-OH is 1. The van der Waals surface area contributed by atoms with E-state index >= 15 is 0 Å². The zero-order valence-corrected chi connectivity index (χ0v) is 8.77. The summed E-state index contributed by atoms with van der Waals surface area (Å²) in [7, 11) is 0. The SMILES string of the molecule is CCc1c(CN)nnn1CCC(C)O. The van der Waals surface area contributed by atoms with Crippen molar-refractivity contribution >= 4 is 0 Å². The Morgan fingerprint density at radius 1 is 1.57 bits per heavy atom. The molecule has 3 N–H and O–H groups in total. The van der Waals surface area contributed by atoms with Crippen LogP contribution in [-0.4, -0.2) is 26.2 Å². The maximum absolute atomic E-state index is 9.16. The van der Waals surface area contributed by atoms with Crippen LogP contribution in [0.2, 0.25) is 0 Å². The first kappa shape index (κ1) is 11.1. The number of hydrogen-bond acceptors (Lipinski definition) is 4. The zero-order chi connectivity index (χ0) is 10.6. The average Bonchev–Trinajstić information content (AvgIpc) is 2.56. The molecular weight excluding hydrogens is 180 g/mol. The highest BCUT2D eigenvalue weighted by molar-refractivity contribution is 5.09. The lowest BCUT2D eigenvalue weighted by atomic mass is 10.2. The molecule has 1 unspecified atom stereocenters. The number of nitrogens with two attached hydrogens (primary N) is 1. The summed E-state index contributed by atoms with van der Waals surface area (Å²) < 4.78 is 1.83. The summed E-state index contributed by atoms with van der Waals surface area (Å²) in [6.07, 6.45) is 1.27. The minimum Gasteiger partial charge on any atom is -0.393 e. The summed E-state index contributed by atoms with van der Waals surface area (Å²) in [5.74, 6) is 0. The molecule has 14 heavy (non-hydrogen) atoms. The normalized spacial score (nSPS) is 13.1. The van der Waals surface area contributed by atoms with Crippen molar-refractivity contribution in [2.75, 3.05) is 0 Å². The minimum atomic E-state index is -0.301. The van der Waals surface area contributed by atoms with Gasteiger partial charge in [-0.2, -0.15) is 0 Å². The van der Waals surface area contributed by atoms with Crippen molar-refractivity contribution in [3.63, 3.8) is 0 Å². The Morgan fingerprint density at radius 2 is 2.29 bits per heavy atom. The van der Waals surface area contributed by atoms with Gasteiger partial charge in [0.1, 0.15) is 0 Å². The third-order valence-corrected chi connectivity index (χ3v) is 2.21. The lowest BCUT2D eigenvalue weighted by molar-refractivity contribution is 0.175. The summed E-state index contributed by atoms with van der Waals surface area (Å²) in [4.78, 5) is 0. The number of hydrogen-bond donors (Lipinski definition) is 2. The Morgan fingerprint density at radius 3 is 2.79 bits per heavy atom. The van der Waals surface area contributed by atoms with E-state index in [4.69, 9.17) is 10.8 Å². The molecular formula is C9H18N4O. The largest absolute Gasteiger partial charge is 0.393 e. The summed E-state index contributed by atoms with van der Waals surface area (Å²) in [5, 5.41) is 17.2. The number of nitrogens with zero attached hydrogens (tertiary/aromatic N) is 3. The summed E-state index contributed by atoms with van der Waals surface area (Å²) >= 11 is 0. The van der Waals surface area contributed by atoms with Crippen LogP contribution in [0.25, 0.3) is 0 Å². The summed E-state index contributed by atoms with van der Waals surface area (Å²) in [5.41, 5.74) is 7.47. The standard InChI is InChI=1S/C9H18N4O/c1-3-9-8(6-10)11-12-13(9)5-4-7(2)14/h7,14H,3-6,10H2,1-2H3. The molecule has 0 spiro atoms. The lowest BCUT2D eigenvalue weighted by Crippen LogP contribution is -2.11. The van der Waals surface area contributed by atoms with Gasteiger partial charge in [-0.1, -0.05) is 12.1 Å². The van der Waals surface area contributed by atoms with Gasteiger partial charge in [0, 0.05) is 13.1 Å².